The molecule has 2 saturated heterocycles. The molecule has 2 rings (SSSR count). The summed E-state index contributed by atoms with van der Waals surface area (Å²) in [6.07, 6.45) is 21.6. The Morgan fingerprint density at radius 1 is 0.574 bits per heavy atom. The van der Waals surface area contributed by atoms with Crippen LogP contribution in [0.5, 0.6) is 0 Å². The molecule has 2 heterocycles. The van der Waals surface area contributed by atoms with E-state index in [0.717, 1.165) is 64.2 Å². The fourth-order valence-corrected chi connectivity index (χ4v) is 7.30. The van der Waals surface area contributed by atoms with Gasteiger partial charge < -0.3 is 65.1 Å². The summed E-state index contributed by atoms with van der Waals surface area (Å²) >= 11 is 0. The van der Waals surface area contributed by atoms with Crippen LogP contribution in [-0.4, -0.2) is 140 Å². The molecule has 2 fully saturated rings. The highest BCUT2D eigenvalue weighted by molar-refractivity contribution is 5.76. The van der Waals surface area contributed by atoms with Crippen LogP contribution in [0.1, 0.15) is 149 Å². The topological polar surface area (TPSA) is 228 Å². The lowest BCUT2D eigenvalue weighted by Gasteiger charge is -2.46. The van der Waals surface area contributed by atoms with Crippen molar-refractivity contribution in [1.29, 1.82) is 0 Å². The van der Waals surface area contributed by atoms with Crippen molar-refractivity contribution in [3.8, 4) is 0 Å². The molecule has 14 nitrogen and oxygen atoms in total. The van der Waals surface area contributed by atoms with Gasteiger partial charge in [-0.2, -0.15) is 0 Å². The van der Waals surface area contributed by atoms with E-state index in [0.29, 0.717) is 12.8 Å². The minimum Gasteiger partial charge on any atom is -0.394 e. The summed E-state index contributed by atoms with van der Waals surface area (Å²) in [5.41, 5.74) is 0. The molecule has 2 aliphatic rings. The Hall–Kier alpha value is -2.05. The highest BCUT2D eigenvalue weighted by Gasteiger charge is 2.50. The second-order valence-electron chi connectivity index (χ2n) is 16.5. The predicted octanol–water partition coefficient (Wildman–Crippen LogP) is 4.93. The third-order valence-electron chi connectivity index (χ3n) is 11.2. The van der Waals surface area contributed by atoms with Gasteiger partial charge >= 0.3 is 0 Å². The van der Waals surface area contributed by atoms with Crippen LogP contribution in [0.25, 0.3) is 0 Å². The average Bonchev–Trinajstić information content (AvgIpc) is 3.26. The number of aliphatic hydroxyl groups is 8. The molecule has 0 aromatic heterocycles. The van der Waals surface area contributed by atoms with Gasteiger partial charge in [-0.25, -0.2) is 0 Å². The molecule has 1 amide bonds. The lowest BCUT2D eigenvalue weighted by atomic mass is 9.97. The summed E-state index contributed by atoms with van der Waals surface area (Å²) in [6.45, 7) is 2.66. The zero-order chi connectivity index (χ0) is 44.7. The second kappa shape index (κ2) is 34.4. The second-order valence-corrected chi connectivity index (χ2v) is 16.5. The molecule has 0 aromatic rings. The van der Waals surface area contributed by atoms with Crippen LogP contribution in [0.15, 0.2) is 48.6 Å². The largest absolute Gasteiger partial charge is 0.394 e. The highest BCUT2D eigenvalue weighted by atomic mass is 16.7. The zero-order valence-corrected chi connectivity index (χ0v) is 37.1. The quantitative estimate of drug-likeness (QED) is 0.0309. The molecule has 0 radical (unpaired) electrons. The van der Waals surface area contributed by atoms with Crippen molar-refractivity contribution in [3.05, 3.63) is 48.6 Å². The summed E-state index contributed by atoms with van der Waals surface area (Å²) in [5, 5.41) is 86.4. The molecule has 354 valence electrons. The van der Waals surface area contributed by atoms with Crippen LogP contribution in [0.3, 0.4) is 0 Å². The van der Waals surface area contributed by atoms with Crippen LogP contribution in [-0.2, 0) is 23.7 Å². The zero-order valence-electron chi connectivity index (χ0n) is 37.1. The van der Waals surface area contributed by atoms with Gasteiger partial charge in [0.15, 0.2) is 12.6 Å². The molecule has 9 N–H and O–H groups in total. The molecule has 2 aliphatic heterocycles. The van der Waals surface area contributed by atoms with E-state index in [1.807, 2.05) is 6.08 Å². The molecule has 0 aromatic carbocycles. The first-order valence-corrected chi connectivity index (χ1v) is 23.4. The number of hydrogen-bond donors (Lipinski definition) is 9. The smallest absolute Gasteiger partial charge is 0.220 e. The number of allylic oxidation sites excluding steroid dienone is 7. The van der Waals surface area contributed by atoms with Gasteiger partial charge in [0.25, 0.3) is 0 Å². The highest BCUT2D eigenvalue weighted by Crippen LogP contribution is 2.30. The minimum absolute atomic E-state index is 0.258. The number of ether oxygens (including phenoxy) is 4. The van der Waals surface area contributed by atoms with Crippen molar-refractivity contribution in [2.75, 3.05) is 19.8 Å². The number of carbonyl (C=O) groups is 1. The van der Waals surface area contributed by atoms with Crippen molar-refractivity contribution >= 4 is 5.91 Å². The van der Waals surface area contributed by atoms with Crippen molar-refractivity contribution in [2.45, 2.75) is 222 Å². The third kappa shape index (κ3) is 22.4. The Bertz CT molecular complexity index is 1210. The van der Waals surface area contributed by atoms with Crippen molar-refractivity contribution < 1.29 is 64.6 Å². The summed E-state index contributed by atoms with van der Waals surface area (Å²) in [6, 6.07) is -0.939. The Balaban J connectivity index is 1.91. The summed E-state index contributed by atoms with van der Waals surface area (Å²) in [4.78, 5) is 13.1. The van der Waals surface area contributed by atoms with E-state index in [4.69, 9.17) is 18.9 Å². The number of hydrogen-bond acceptors (Lipinski definition) is 13. The summed E-state index contributed by atoms with van der Waals surface area (Å²) < 4.78 is 22.6. The molecular formula is C47H83NO13. The molecule has 0 aliphatic carbocycles. The molecule has 61 heavy (non-hydrogen) atoms. The van der Waals surface area contributed by atoms with Gasteiger partial charge in [0.1, 0.15) is 48.8 Å². The van der Waals surface area contributed by atoms with Gasteiger partial charge in [-0.3, -0.25) is 4.79 Å². The number of aliphatic hydroxyl groups excluding tert-OH is 8. The first kappa shape index (κ1) is 55.1. The van der Waals surface area contributed by atoms with Crippen LogP contribution < -0.4 is 5.32 Å². The van der Waals surface area contributed by atoms with Gasteiger partial charge in [0.2, 0.25) is 5.91 Å². The van der Waals surface area contributed by atoms with Crippen molar-refractivity contribution in [3.63, 3.8) is 0 Å². The number of unbranched alkanes of at least 4 members (excludes halogenated alkanes) is 15. The number of amides is 1. The molecule has 12 atom stereocenters. The van der Waals surface area contributed by atoms with Crippen LogP contribution in [0.2, 0.25) is 0 Å². The summed E-state index contributed by atoms with van der Waals surface area (Å²) in [7, 11) is 0. The van der Waals surface area contributed by atoms with E-state index in [1.165, 1.54) is 51.4 Å². The van der Waals surface area contributed by atoms with Crippen LogP contribution in [0, 0.1) is 0 Å². The standard InChI is InChI=1S/C47H83NO13/c1-3-5-7-9-11-13-15-17-18-19-21-23-25-27-29-31-39(52)48-35(36(51)30-28-26-24-22-20-16-14-12-10-8-6-4-2)34-58-46-44(57)42(55)45(38(33-50)60-46)61-47-43(56)41(54)40(53)37(32-49)59-47/h10,12,17-18,20,22,28,30,35-38,40-47,49-51,53-57H,3-9,11,13-16,19,21,23-27,29,31-34H2,1-2H3,(H,48,52)/b12-10+,18-17-,22-20+,30-28+. The van der Waals surface area contributed by atoms with Gasteiger partial charge in [-0.15, -0.1) is 0 Å². The van der Waals surface area contributed by atoms with Crippen molar-refractivity contribution in [1.82, 2.24) is 5.32 Å². The fraction of sp³-hybridized carbons (Fsp3) is 0.809. The van der Waals surface area contributed by atoms with Crippen LogP contribution in [0.4, 0.5) is 0 Å². The third-order valence-corrected chi connectivity index (χ3v) is 11.2. The van der Waals surface area contributed by atoms with E-state index >= 15 is 0 Å². The van der Waals surface area contributed by atoms with Gasteiger partial charge in [0, 0.05) is 6.42 Å². The SMILES string of the molecule is CCCC/C=C/CC/C=C/CC/C=C/C(O)C(COC1OC(CO)C(OC2OC(CO)C(O)C(O)C2O)C(O)C1O)NC(=O)CCCCCCC/C=C\CCCCCCCC. The maximum Gasteiger partial charge on any atom is 0.220 e. The Kier molecular flexibility index (Phi) is 31.0. The average molecular weight is 870 g/mol. The molecule has 12 unspecified atom stereocenters. The fourth-order valence-electron chi connectivity index (χ4n) is 7.30. The Labute approximate surface area is 365 Å². The van der Waals surface area contributed by atoms with E-state index < -0.39 is 86.8 Å². The van der Waals surface area contributed by atoms with Gasteiger partial charge in [-0.05, 0) is 64.2 Å². The lowest BCUT2D eigenvalue weighted by molar-refractivity contribution is -0.359. The van der Waals surface area contributed by atoms with E-state index in [-0.39, 0.29) is 18.9 Å². The molecule has 0 spiro atoms. The Morgan fingerprint density at radius 3 is 1.66 bits per heavy atom. The van der Waals surface area contributed by atoms with Gasteiger partial charge in [-0.1, -0.05) is 127 Å². The number of rotatable bonds is 34. The minimum atomic E-state index is -1.79. The first-order chi connectivity index (χ1) is 29.6. The maximum atomic E-state index is 13.1. The normalized spacial score (nSPS) is 28.4. The van der Waals surface area contributed by atoms with Crippen LogP contribution >= 0.6 is 0 Å². The lowest BCUT2D eigenvalue weighted by Crippen LogP contribution is -2.65. The molecular weight excluding hydrogens is 787 g/mol. The van der Waals surface area contributed by atoms with E-state index in [2.05, 4.69) is 55.6 Å². The molecule has 0 saturated carbocycles. The van der Waals surface area contributed by atoms with E-state index in [1.54, 1.807) is 6.08 Å². The summed E-state index contributed by atoms with van der Waals surface area (Å²) in [5.74, 6) is -0.267. The number of nitrogens with one attached hydrogen (secondary N) is 1. The first-order valence-electron chi connectivity index (χ1n) is 23.4. The predicted molar refractivity (Wildman–Crippen MR) is 235 cm³/mol. The molecule has 0 bridgehead atoms. The van der Waals surface area contributed by atoms with Crippen molar-refractivity contribution in [2.24, 2.45) is 0 Å². The van der Waals surface area contributed by atoms with E-state index in [9.17, 15) is 45.6 Å². The number of carbonyl (C=O) groups excluding carboxylic acids is 1. The monoisotopic (exact) mass is 870 g/mol. The molecule has 14 heteroatoms. The van der Waals surface area contributed by atoms with Gasteiger partial charge in [0.05, 0.1) is 32.0 Å². The Morgan fingerprint density at radius 2 is 1.07 bits per heavy atom. The maximum absolute atomic E-state index is 13.1.